The molecule has 0 aliphatic carbocycles. The molecule has 1 heterocycles. The van der Waals surface area contributed by atoms with E-state index in [2.05, 4.69) is 25.9 Å². The summed E-state index contributed by atoms with van der Waals surface area (Å²) in [4.78, 5) is 8.08. The van der Waals surface area contributed by atoms with Crippen LogP contribution in [0.3, 0.4) is 0 Å². The van der Waals surface area contributed by atoms with Gasteiger partial charge in [0.1, 0.15) is 6.33 Å². The Morgan fingerprint density at radius 3 is 2.79 bits per heavy atom. The number of nitrogens with zero attached hydrogens (tertiary/aromatic N) is 2. The van der Waals surface area contributed by atoms with E-state index in [9.17, 15) is 5.11 Å². The lowest BCUT2D eigenvalue weighted by molar-refractivity contribution is 0.176. The van der Waals surface area contributed by atoms with Gasteiger partial charge in [0.15, 0.2) is 0 Å². The maximum absolute atomic E-state index is 10.3. The molecule has 1 aromatic carbocycles. The molecular formula is C14H15BrN2O2. The molecule has 2 rings (SSSR count). The van der Waals surface area contributed by atoms with Crippen LogP contribution in [-0.4, -0.2) is 22.2 Å². The molecule has 0 amide bonds. The van der Waals surface area contributed by atoms with Gasteiger partial charge in [-0.25, -0.2) is 9.97 Å². The van der Waals surface area contributed by atoms with Crippen molar-refractivity contribution in [3.05, 3.63) is 51.9 Å². The Labute approximate surface area is 120 Å². The molecule has 5 heteroatoms. The summed E-state index contributed by atoms with van der Waals surface area (Å²) >= 11 is 3.47. The number of methoxy groups -OCH3 is 1. The van der Waals surface area contributed by atoms with Crippen LogP contribution < -0.4 is 4.74 Å². The molecule has 19 heavy (non-hydrogen) atoms. The second kappa shape index (κ2) is 6.12. The van der Waals surface area contributed by atoms with Crippen LogP contribution in [0.25, 0.3) is 0 Å². The summed E-state index contributed by atoms with van der Waals surface area (Å²) < 4.78 is 5.94. The van der Waals surface area contributed by atoms with Gasteiger partial charge >= 0.3 is 0 Å². The van der Waals surface area contributed by atoms with Crippen LogP contribution in [0.15, 0.2) is 35.1 Å². The van der Waals surface area contributed by atoms with E-state index >= 15 is 0 Å². The van der Waals surface area contributed by atoms with Gasteiger partial charge in [-0.3, -0.25) is 0 Å². The number of rotatable bonds is 4. The fourth-order valence-corrected chi connectivity index (χ4v) is 2.57. The summed E-state index contributed by atoms with van der Waals surface area (Å²) in [5.41, 5.74) is 2.74. The SMILES string of the molecule is COc1cc(CC(O)c2ccc(C)cc2Br)ncn1. The Kier molecular flexibility index (Phi) is 4.50. The molecule has 1 unspecified atom stereocenters. The summed E-state index contributed by atoms with van der Waals surface area (Å²) in [7, 11) is 1.55. The molecule has 0 saturated carbocycles. The number of hydrogen-bond acceptors (Lipinski definition) is 4. The van der Waals surface area contributed by atoms with Crippen LogP contribution in [0.4, 0.5) is 0 Å². The predicted octanol–water partition coefficient (Wildman–Crippen LogP) is 2.83. The second-order valence-corrected chi connectivity index (χ2v) is 5.15. The normalized spacial score (nSPS) is 12.2. The smallest absolute Gasteiger partial charge is 0.216 e. The maximum Gasteiger partial charge on any atom is 0.216 e. The van der Waals surface area contributed by atoms with Gasteiger partial charge in [-0.15, -0.1) is 0 Å². The molecule has 2 aromatic rings. The highest BCUT2D eigenvalue weighted by atomic mass is 79.9. The number of benzene rings is 1. The van der Waals surface area contributed by atoms with Gasteiger partial charge < -0.3 is 9.84 Å². The van der Waals surface area contributed by atoms with Crippen molar-refractivity contribution in [3.8, 4) is 5.88 Å². The number of halogens is 1. The number of aromatic nitrogens is 2. The van der Waals surface area contributed by atoms with Crippen molar-refractivity contribution in [1.82, 2.24) is 9.97 Å². The topological polar surface area (TPSA) is 55.2 Å². The Morgan fingerprint density at radius 1 is 1.32 bits per heavy atom. The van der Waals surface area contributed by atoms with Crippen LogP contribution in [0.1, 0.15) is 22.9 Å². The number of ether oxygens (including phenoxy) is 1. The molecule has 0 aliphatic heterocycles. The highest BCUT2D eigenvalue weighted by molar-refractivity contribution is 9.10. The van der Waals surface area contributed by atoms with Gasteiger partial charge in [0, 0.05) is 17.0 Å². The van der Waals surface area contributed by atoms with Crippen molar-refractivity contribution in [3.63, 3.8) is 0 Å². The minimum atomic E-state index is -0.616. The van der Waals surface area contributed by atoms with Crippen LogP contribution in [0, 0.1) is 6.92 Å². The third-order valence-electron chi connectivity index (χ3n) is 2.83. The minimum Gasteiger partial charge on any atom is -0.481 e. The van der Waals surface area contributed by atoms with Gasteiger partial charge in [0.05, 0.1) is 18.9 Å². The second-order valence-electron chi connectivity index (χ2n) is 4.30. The van der Waals surface area contributed by atoms with Crippen molar-refractivity contribution < 1.29 is 9.84 Å². The molecule has 1 atom stereocenters. The van der Waals surface area contributed by atoms with E-state index in [1.807, 2.05) is 25.1 Å². The number of aliphatic hydroxyl groups is 1. The van der Waals surface area contributed by atoms with Crippen LogP contribution in [-0.2, 0) is 6.42 Å². The number of aliphatic hydroxyl groups excluding tert-OH is 1. The van der Waals surface area contributed by atoms with E-state index in [0.717, 1.165) is 21.3 Å². The van der Waals surface area contributed by atoms with Gasteiger partial charge in [0.2, 0.25) is 5.88 Å². The maximum atomic E-state index is 10.3. The van der Waals surface area contributed by atoms with E-state index in [-0.39, 0.29) is 0 Å². The highest BCUT2D eigenvalue weighted by Crippen LogP contribution is 2.27. The molecule has 0 spiro atoms. The molecule has 100 valence electrons. The van der Waals surface area contributed by atoms with E-state index in [1.54, 1.807) is 13.2 Å². The highest BCUT2D eigenvalue weighted by Gasteiger charge is 2.13. The zero-order valence-electron chi connectivity index (χ0n) is 10.8. The van der Waals surface area contributed by atoms with Crippen LogP contribution >= 0.6 is 15.9 Å². The Hall–Kier alpha value is -1.46. The lowest BCUT2D eigenvalue weighted by Gasteiger charge is -2.13. The van der Waals surface area contributed by atoms with Crippen molar-refractivity contribution >= 4 is 15.9 Å². The van der Waals surface area contributed by atoms with E-state index in [4.69, 9.17) is 4.74 Å². The first-order chi connectivity index (χ1) is 9.10. The largest absolute Gasteiger partial charge is 0.481 e. The van der Waals surface area contributed by atoms with Gasteiger partial charge in [0.25, 0.3) is 0 Å². The Balaban J connectivity index is 2.17. The zero-order chi connectivity index (χ0) is 13.8. The zero-order valence-corrected chi connectivity index (χ0v) is 12.4. The van der Waals surface area contributed by atoms with E-state index in [1.165, 1.54) is 6.33 Å². The monoisotopic (exact) mass is 322 g/mol. The third-order valence-corrected chi connectivity index (χ3v) is 3.51. The average molecular weight is 323 g/mol. The summed E-state index contributed by atoms with van der Waals surface area (Å²) in [6, 6.07) is 7.61. The number of hydrogen-bond donors (Lipinski definition) is 1. The lowest BCUT2D eigenvalue weighted by Crippen LogP contribution is -2.05. The molecule has 0 radical (unpaired) electrons. The molecule has 0 bridgehead atoms. The number of aryl methyl sites for hydroxylation is 1. The fourth-order valence-electron chi connectivity index (χ4n) is 1.81. The first-order valence-electron chi connectivity index (χ1n) is 5.89. The molecule has 1 aromatic heterocycles. The van der Waals surface area contributed by atoms with E-state index in [0.29, 0.717) is 12.3 Å². The molecular weight excluding hydrogens is 308 g/mol. The van der Waals surface area contributed by atoms with Crippen molar-refractivity contribution in [2.45, 2.75) is 19.4 Å². The Bertz CT molecular complexity index is 575. The van der Waals surface area contributed by atoms with Crippen molar-refractivity contribution in [2.75, 3.05) is 7.11 Å². The van der Waals surface area contributed by atoms with Gasteiger partial charge in [-0.2, -0.15) is 0 Å². The first-order valence-corrected chi connectivity index (χ1v) is 6.68. The van der Waals surface area contributed by atoms with Crippen molar-refractivity contribution in [1.29, 1.82) is 0 Å². The van der Waals surface area contributed by atoms with E-state index < -0.39 is 6.10 Å². The molecule has 4 nitrogen and oxygen atoms in total. The predicted molar refractivity (Wildman–Crippen MR) is 76.1 cm³/mol. The summed E-state index contributed by atoms with van der Waals surface area (Å²) in [6.45, 7) is 2.01. The molecule has 0 fully saturated rings. The first kappa shape index (κ1) is 14.0. The molecule has 0 saturated heterocycles. The van der Waals surface area contributed by atoms with Crippen LogP contribution in [0.2, 0.25) is 0 Å². The lowest BCUT2D eigenvalue weighted by atomic mass is 10.0. The average Bonchev–Trinajstić information content (AvgIpc) is 2.38. The van der Waals surface area contributed by atoms with Gasteiger partial charge in [-0.1, -0.05) is 28.1 Å². The summed E-state index contributed by atoms with van der Waals surface area (Å²) in [5, 5.41) is 10.3. The molecule has 0 aliphatic rings. The summed E-state index contributed by atoms with van der Waals surface area (Å²) in [6.07, 6.45) is 1.24. The summed E-state index contributed by atoms with van der Waals surface area (Å²) in [5.74, 6) is 0.500. The van der Waals surface area contributed by atoms with Crippen molar-refractivity contribution in [2.24, 2.45) is 0 Å². The Morgan fingerprint density at radius 2 is 2.11 bits per heavy atom. The molecule has 1 N–H and O–H groups in total. The standard InChI is InChI=1S/C14H15BrN2O2/c1-9-3-4-11(12(15)5-9)13(18)6-10-7-14(19-2)17-8-16-10/h3-5,7-8,13,18H,6H2,1-2H3. The quantitative estimate of drug-likeness (QED) is 0.940. The van der Waals surface area contributed by atoms with Gasteiger partial charge in [-0.05, 0) is 24.1 Å². The van der Waals surface area contributed by atoms with Crippen LogP contribution in [0.5, 0.6) is 5.88 Å². The third kappa shape index (κ3) is 3.52. The minimum absolute atomic E-state index is 0.417. The fraction of sp³-hybridized carbons (Fsp3) is 0.286.